The molecule has 178 valence electrons. The minimum Gasteiger partial charge on any atom is -0.378 e. The van der Waals surface area contributed by atoms with E-state index in [0.29, 0.717) is 43.0 Å². The Morgan fingerprint density at radius 1 is 1.06 bits per heavy atom. The van der Waals surface area contributed by atoms with Gasteiger partial charge in [-0.15, -0.1) is 0 Å². The Morgan fingerprint density at radius 2 is 1.79 bits per heavy atom. The van der Waals surface area contributed by atoms with E-state index in [-0.39, 0.29) is 17.5 Å². The molecule has 1 aromatic heterocycles. The number of aromatic nitrogens is 3. The van der Waals surface area contributed by atoms with Crippen LogP contribution in [-0.2, 0) is 10.9 Å². The smallest absolute Gasteiger partial charge is 0.378 e. The Bertz CT molecular complexity index is 1180. The van der Waals surface area contributed by atoms with Crippen LogP contribution in [0.25, 0.3) is 0 Å². The van der Waals surface area contributed by atoms with Crippen LogP contribution >= 0.6 is 11.6 Å². The number of nitrogens with zero attached hydrogens (tertiary/aromatic N) is 5. The summed E-state index contributed by atoms with van der Waals surface area (Å²) in [5, 5.41) is 7.59. The molecule has 1 aliphatic rings. The molecule has 0 aliphatic carbocycles. The summed E-state index contributed by atoms with van der Waals surface area (Å²) in [5.41, 5.74) is 3.33. The van der Waals surface area contributed by atoms with Crippen LogP contribution in [0.15, 0.2) is 47.6 Å². The Kier molecular flexibility index (Phi) is 7.13. The maximum Gasteiger partial charge on any atom is 0.417 e. The molecule has 2 heterocycles. The number of ether oxygens (including phenoxy) is 1. The molecule has 2 aromatic carbocycles. The number of alkyl halides is 3. The highest BCUT2D eigenvalue weighted by atomic mass is 35.5. The molecule has 2 N–H and O–H groups in total. The first-order valence-corrected chi connectivity index (χ1v) is 10.7. The largest absolute Gasteiger partial charge is 0.417 e. The fourth-order valence-corrected chi connectivity index (χ4v) is 3.38. The van der Waals surface area contributed by atoms with Crippen LogP contribution in [0.5, 0.6) is 0 Å². The van der Waals surface area contributed by atoms with Crippen molar-refractivity contribution in [3.63, 3.8) is 0 Å². The second-order valence-electron chi connectivity index (χ2n) is 7.43. The van der Waals surface area contributed by atoms with E-state index in [2.05, 4.69) is 30.8 Å². The molecule has 3 aromatic rings. The number of hydrazone groups is 1. The van der Waals surface area contributed by atoms with Gasteiger partial charge in [0, 0.05) is 29.4 Å². The van der Waals surface area contributed by atoms with Gasteiger partial charge in [0.1, 0.15) is 0 Å². The predicted molar refractivity (Wildman–Crippen MR) is 125 cm³/mol. The lowest BCUT2D eigenvalue weighted by atomic mass is 10.1. The van der Waals surface area contributed by atoms with E-state index < -0.39 is 11.7 Å². The van der Waals surface area contributed by atoms with Gasteiger partial charge in [-0.05, 0) is 30.7 Å². The zero-order valence-electron chi connectivity index (χ0n) is 18.1. The van der Waals surface area contributed by atoms with Crippen molar-refractivity contribution >= 4 is 41.3 Å². The first kappa shape index (κ1) is 23.7. The first-order valence-electron chi connectivity index (χ1n) is 10.4. The number of nitrogens with one attached hydrogen (secondary N) is 2. The van der Waals surface area contributed by atoms with E-state index in [1.54, 1.807) is 6.07 Å². The van der Waals surface area contributed by atoms with Crippen molar-refractivity contribution < 1.29 is 17.9 Å². The summed E-state index contributed by atoms with van der Waals surface area (Å²) in [5.74, 6) is 0.676. The lowest BCUT2D eigenvalue weighted by Crippen LogP contribution is -2.37. The third-order valence-electron chi connectivity index (χ3n) is 4.98. The monoisotopic (exact) mass is 491 g/mol. The summed E-state index contributed by atoms with van der Waals surface area (Å²) in [6.07, 6.45) is -3.42. The number of hydrogen-bond donors (Lipinski definition) is 2. The molecule has 1 aliphatic heterocycles. The van der Waals surface area contributed by atoms with E-state index in [4.69, 9.17) is 16.3 Å². The average molecular weight is 492 g/mol. The summed E-state index contributed by atoms with van der Waals surface area (Å²) in [4.78, 5) is 15.1. The van der Waals surface area contributed by atoms with E-state index in [1.165, 1.54) is 18.2 Å². The molecule has 1 saturated heterocycles. The molecule has 1 fully saturated rings. The first-order chi connectivity index (χ1) is 16.3. The van der Waals surface area contributed by atoms with Crippen molar-refractivity contribution in [2.45, 2.75) is 13.1 Å². The maximum absolute atomic E-state index is 13.2. The van der Waals surface area contributed by atoms with Gasteiger partial charge in [-0.3, -0.25) is 0 Å². The van der Waals surface area contributed by atoms with Crippen molar-refractivity contribution in [2.75, 3.05) is 41.9 Å². The normalized spacial score (nSPS) is 14.4. The van der Waals surface area contributed by atoms with Crippen LogP contribution in [0.2, 0.25) is 5.02 Å². The fourth-order valence-electron chi connectivity index (χ4n) is 3.20. The van der Waals surface area contributed by atoms with Gasteiger partial charge in [0.15, 0.2) is 0 Å². The van der Waals surface area contributed by atoms with E-state index in [9.17, 15) is 13.2 Å². The number of aryl methyl sites for hydroxylation is 1. The highest BCUT2D eigenvalue weighted by Gasteiger charge is 2.32. The predicted octanol–water partition coefficient (Wildman–Crippen LogP) is 4.88. The van der Waals surface area contributed by atoms with Crippen molar-refractivity contribution in [2.24, 2.45) is 5.10 Å². The van der Waals surface area contributed by atoms with Crippen LogP contribution in [0.3, 0.4) is 0 Å². The topological polar surface area (TPSA) is 87.6 Å². The molecular formula is C22H21ClF3N7O. The number of hydrogen-bond acceptors (Lipinski definition) is 8. The zero-order chi connectivity index (χ0) is 24.1. The van der Waals surface area contributed by atoms with Gasteiger partial charge in [-0.2, -0.15) is 33.2 Å². The number of benzene rings is 2. The van der Waals surface area contributed by atoms with Gasteiger partial charge < -0.3 is 15.0 Å². The van der Waals surface area contributed by atoms with Gasteiger partial charge >= 0.3 is 6.18 Å². The van der Waals surface area contributed by atoms with Crippen molar-refractivity contribution in [1.82, 2.24) is 15.0 Å². The molecule has 0 atom stereocenters. The van der Waals surface area contributed by atoms with E-state index in [0.717, 1.165) is 17.8 Å². The van der Waals surface area contributed by atoms with Crippen molar-refractivity contribution in [1.29, 1.82) is 0 Å². The summed E-state index contributed by atoms with van der Waals surface area (Å²) in [6.45, 7) is 4.11. The van der Waals surface area contributed by atoms with Gasteiger partial charge in [0.05, 0.1) is 25.0 Å². The van der Waals surface area contributed by atoms with Gasteiger partial charge in [-0.25, -0.2) is 5.43 Å². The molecule has 0 amide bonds. The molecular weight excluding hydrogens is 471 g/mol. The quantitative estimate of drug-likeness (QED) is 0.375. The number of rotatable bonds is 6. The second-order valence-corrected chi connectivity index (χ2v) is 7.83. The van der Waals surface area contributed by atoms with Crippen LogP contribution < -0.4 is 15.6 Å². The third-order valence-corrected chi connectivity index (χ3v) is 5.39. The zero-order valence-corrected chi connectivity index (χ0v) is 18.9. The van der Waals surface area contributed by atoms with E-state index in [1.807, 2.05) is 24.0 Å². The third kappa shape index (κ3) is 5.91. The van der Waals surface area contributed by atoms with Crippen molar-refractivity contribution in [3.05, 3.63) is 64.2 Å². The molecule has 0 bridgehead atoms. The molecule has 0 unspecified atom stereocenters. The van der Waals surface area contributed by atoms with Crippen LogP contribution in [0.1, 0.15) is 16.7 Å². The summed E-state index contributed by atoms with van der Waals surface area (Å²) < 4.78 is 45.0. The molecule has 4 rings (SSSR count). The molecule has 8 nitrogen and oxygen atoms in total. The Morgan fingerprint density at radius 3 is 2.53 bits per heavy atom. The number of morpholine rings is 1. The lowest BCUT2D eigenvalue weighted by Gasteiger charge is -2.27. The minimum absolute atomic E-state index is 0.0675. The SMILES string of the molecule is Cc1ccc(Nc2nc(NN=Cc3ccccc3C(F)(F)F)nc(N3CCOCC3)n2)cc1Cl. The molecule has 0 radical (unpaired) electrons. The van der Waals surface area contributed by atoms with Crippen LogP contribution in [-0.4, -0.2) is 47.5 Å². The number of anilines is 4. The minimum atomic E-state index is -4.49. The second kappa shape index (κ2) is 10.2. The molecule has 34 heavy (non-hydrogen) atoms. The van der Waals surface area contributed by atoms with Gasteiger partial charge in [0.2, 0.25) is 17.8 Å². The average Bonchev–Trinajstić information content (AvgIpc) is 2.82. The standard InChI is InChI=1S/C22H21ClF3N7O/c1-14-6-7-16(12-18(14)23)28-19-29-20(31-21(30-19)33-8-10-34-11-9-33)32-27-13-15-4-2-3-5-17(15)22(24,25)26/h2-7,12-13H,8-11H2,1H3,(H2,28,29,30,31,32). The van der Waals surface area contributed by atoms with Crippen LogP contribution in [0, 0.1) is 6.92 Å². The highest BCUT2D eigenvalue weighted by Crippen LogP contribution is 2.31. The molecule has 12 heteroatoms. The Labute approximate surface area is 198 Å². The fraction of sp³-hybridized carbons (Fsp3) is 0.273. The summed E-state index contributed by atoms with van der Waals surface area (Å²) in [6, 6.07) is 10.6. The van der Waals surface area contributed by atoms with Crippen LogP contribution in [0.4, 0.5) is 36.7 Å². The highest BCUT2D eigenvalue weighted by molar-refractivity contribution is 6.31. The Balaban J connectivity index is 1.60. The molecule has 0 spiro atoms. The maximum atomic E-state index is 13.2. The summed E-state index contributed by atoms with van der Waals surface area (Å²) >= 11 is 6.21. The van der Waals surface area contributed by atoms with Gasteiger partial charge in [-0.1, -0.05) is 35.9 Å². The summed E-state index contributed by atoms with van der Waals surface area (Å²) in [7, 11) is 0. The van der Waals surface area contributed by atoms with Gasteiger partial charge in [0.25, 0.3) is 0 Å². The Hall–Kier alpha value is -3.44. The lowest BCUT2D eigenvalue weighted by molar-refractivity contribution is -0.137. The number of halogens is 4. The molecule has 0 saturated carbocycles. The van der Waals surface area contributed by atoms with E-state index >= 15 is 0 Å². The van der Waals surface area contributed by atoms with Crippen molar-refractivity contribution in [3.8, 4) is 0 Å².